The van der Waals surface area contributed by atoms with Crippen LogP contribution in [-0.2, 0) is 10.0 Å². The molecule has 1 heterocycles. The van der Waals surface area contributed by atoms with E-state index in [0.29, 0.717) is 25.9 Å². The van der Waals surface area contributed by atoms with E-state index in [1.165, 1.54) is 0 Å². The van der Waals surface area contributed by atoms with Crippen molar-refractivity contribution in [1.82, 2.24) is 9.62 Å². The minimum atomic E-state index is -5.21. The van der Waals surface area contributed by atoms with E-state index in [-0.39, 0.29) is 0 Å². The van der Waals surface area contributed by atoms with Gasteiger partial charge in [-0.25, -0.2) is 13.1 Å². The van der Waals surface area contributed by atoms with E-state index in [4.69, 9.17) is 0 Å². The van der Waals surface area contributed by atoms with Gasteiger partial charge in [-0.2, -0.15) is 13.2 Å². The molecule has 0 amide bonds. The minimum absolute atomic E-state index is 0.409. The van der Waals surface area contributed by atoms with Crippen molar-refractivity contribution in [1.29, 1.82) is 0 Å². The van der Waals surface area contributed by atoms with Crippen LogP contribution in [0.5, 0.6) is 0 Å². The average Bonchev–Trinajstić information content (AvgIpc) is 2.06. The van der Waals surface area contributed by atoms with Crippen LogP contribution in [0.1, 0.15) is 12.8 Å². The topological polar surface area (TPSA) is 49.4 Å². The summed E-state index contributed by atoms with van der Waals surface area (Å²) in [4.78, 5) is 1.94. The van der Waals surface area contributed by atoms with Crippen LogP contribution >= 0.6 is 0 Å². The Kier molecular flexibility index (Phi) is 3.62. The molecule has 0 aromatic rings. The first-order chi connectivity index (χ1) is 6.72. The summed E-state index contributed by atoms with van der Waals surface area (Å²) in [7, 11) is -3.34. The van der Waals surface area contributed by atoms with Crippen molar-refractivity contribution < 1.29 is 21.6 Å². The fourth-order valence-electron chi connectivity index (χ4n) is 1.41. The smallest absolute Gasteiger partial charge is 0.306 e. The van der Waals surface area contributed by atoms with E-state index in [0.717, 1.165) is 0 Å². The zero-order valence-corrected chi connectivity index (χ0v) is 9.03. The maximum atomic E-state index is 12.0. The van der Waals surface area contributed by atoms with Gasteiger partial charge in [0.05, 0.1) is 0 Å². The molecule has 1 fully saturated rings. The van der Waals surface area contributed by atoms with Crippen LogP contribution in [0.3, 0.4) is 0 Å². The second-order valence-corrected chi connectivity index (χ2v) is 5.35. The monoisotopic (exact) mass is 246 g/mol. The maximum absolute atomic E-state index is 12.0. The fourth-order valence-corrected chi connectivity index (χ4v) is 2.22. The van der Waals surface area contributed by atoms with Gasteiger partial charge in [0.1, 0.15) is 0 Å². The number of rotatable bonds is 2. The third-order valence-corrected chi connectivity index (χ3v) is 3.60. The van der Waals surface area contributed by atoms with Gasteiger partial charge in [0.15, 0.2) is 0 Å². The van der Waals surface area contributed by atoms with Crippen LogP contribution in [0.15, 0.2) is 0 Å². The first-order valence-corrected chi connectivity index (χ1v) is 5.98. The highest BCUT2D eigenvalue weighted by Crippen LogP contribution is 2.23. The lowest BCUT2D eigenvalue weighted by molar-refractivity contribution is -0.0452. The number of sulfonamides is 1. The van der Waals surface area contributed by atoms with Crippen LogP contribution in [0.2, 0.25) is 0 Å². The normalized spacial score (nSPS) is 21.9. The van der Waals surface area contributed by atoms with Gasteiger partial charge in [-0.3, -0.25) is 0 Å². The van der Waals surface area contributed by atoms with E-state index in [1.807, 2.05) is 11.9 Å². The number of hydrogen-bond acceptors (Lipinski definition) is 3. The highest BCUT2D eigenvalue weighted by atomic mass is 32.2. The Bertz CT molecular complexity index is 307. The quantitative estimate of drug-likeness (QED) is 0.772. The Labute approximate surface area is 86.5 Å². The standard InChI is InChI=1S/C7H13F3N2O2S/c1-12-4-2-6(3-5-12)11-15(13,14)7(8,9)10/h6,11H,2-5H2,1H3. The summed E-state index contributed by atoms with van der Waals surface area (Å²) in [5.41, 5.74) is -5.21. The predicted molar refractivity (Wildman–Crippen MR) is 48.6 cm³/mol. The van der Waals surface area contributed by atoms with Crippen LogP contribution < -0.4 is 4.72 Å². The van der Waals surface area contributed by atoms with Gasteiger partial charge in [0, 0.05) is 6.04 Å². The Balaban J connectivity index is 2.56. The van der Waals surface area contributed by atoms with Crippen molar-refractivity contribution in [2.24, 2.45) is 0 Å². The molecule has 0 radical (unpaired) electrons. The van der Waals surface area contributed by atoms with Gasteiger partial charge in [-0.1, -0.05) is 0 Å². The predicted octanol–water partition coefficient (Wildman–Crippen LogP) is 0.520. The highest BCUT2D eigenvalue weighted by molar-refractivity contribution is 7.90. The zero-order valence-electron chi connectivity index (χ0n) is 8.21. The molecule has 15 heavy (non-hydrogen) atoms. The molecule has 4 nitrogen and oxygen atoms in total. The average molecular weight is 246 g/mol. The molecule has 0 aliphatic carbocycles. The maximum Gasteiger partial charge on any atom is 0.511 e. The Morgan fingerprint density at radius 2 is 1.73 bits per heavy atom. The number of piperidine rings is 1. The number of nitrogens with one attached hydrogen (secondary N) is 1. The van der Waals surface area contributed by atoms with Crippen molar-refractivity contribution >= 4 is 10.0 Å². The molecular formula is C7H13F3N2O2S. The fraction of sp³-hybridized carbons (Fsp3) is 1.00. The van der Waals surface area contributed by atoms with Crippen LogP contribution in [-0.4, -0.2) is 45.0 Å². The molecule has 8 heteroatoms. The number of alkyl halides is 3. The summed E-state index contributed by atoms with van der Waals surface area (Å²) in [5, 5.41) is 0. The van der Waals surface area contributed by atoms with Gasteiger partial charge in [-0.05, 0) is 33.0 Å². The molecule has 1 saturated heterocycles. The van der Waals surface area contributed by atoms with Crippen molar-refractivity contribution in [3.63, 3.8) is 0 Å². The summed E-state index contributed by atoms with van der Waals surface area (Å²) >= 11 is 0. The molecule has 0 atom stereocenters. The summed E-state index contributed by atoms with van der Waals surface area (Å²) in [6.45, 7) is 1.20. The first-order valence-electron chi connectivity index (χ1n) is 4.49. The molecule has 0 saturated carbocycles. The lowest BCUT2D eigenvalue weighted by Gasteiger charge is -2.29. The molecule has 1 rings (SSSR count). The third kappa shape index (κ3) is 3.32. The number of nitrogens with zero attached hydrogens (tertiary/aromatic N) is 1. The molecule has 1 N–H and O–H groups in total. The van der Waals surface area contributed by atoms with Crippen LogP contribution in [0.25, 0.3) is 0 Å². The van der Waals surface area contributed by atoms with Crippen molar-refractivity contribution in [2.75, 3.05) is 20.1 Å². The second-order valence-electron chi connectivity index (χ2n) is 3.64. The molecule has 1 aliphatic rings. The summed E-state index contributed by atoms with van der Waals surface area (Å²) < 4.78 is 59.2. The second kappa shape index (κ2) is 4.26. The molecule has 90 valence electrons. The zero-order chi connectivity index (χ0) is 11.7. The third-order valence-electron chi connectivity index (χ3n) is 2.35. The first kappa shape index (κ1) is 12.7. The number of halogens is 3. The molecule has 0 unspecified atom stereocenters. The molecular weight excluding hydrogens is 233 g/mol. The summed E-state index contributed by atoms with van der Waals surface area (Å²) in [6, 6.07) is -0.604. The van der Waals surface area contributed by atoms with E-state index in [1.54, 1.807) is 4.72 Å². The van der Waals surface area contributed by atoms with Crippen LogP contribution in [0, 0.1) is 0 Å². The Morgan fingerprint density at radius 1 is 1.27 bits per heavy atom. The molecule has 0 spiro atoms. The van der Waals surface area contributed by atoms with Gasteiger partial charge >= 0.3 is 15.5 Å². The van der Waals surface area contributed by atoms with E-state index in [9.17, 15) is 21.6 Å². The van der Waals surface area contributed by atoms with Gasteiger partial charge in [-0.15, -0.1) is 0 Å². The van der Waals surface area contributed by atoms with Crippen molar-refractivity contribution in [3.8, 4) is 0 Å². The van der Waals surface area contributed by atoms with Gasteiger partial charge < -0.3 is 4.90 Å². The lowest BCUT2D eigenvalue weighted by atomic mass is 10.1. The van der Waals surface area contributed by atoms with Crippen molar-refractivity contribution in [2.45, 2.75) is 24.4 Å². The lowest BCUT2D eigenvalue weighted by Crippen LogP contribution is -2.47. The molecule has 1 aliphatic heterocycles. The number of hydrogen-bond donors (Lipinski definition) is 1. The Morgan fingerprint density at radius 3 is 2.13 bits per heavy atom. The van der Waals surface area contributed by atoms with E-state index in [2.05, 4.69) is 0 Å². The van der Waals surface area contributed by atoms with Crippen molar-refractivity contribution in [3.05, 3.63) is 0 Å². The van der Waals surface area contributed by atoms with E-state index < -0.39 is 21.6 Å². The highest BCUT2D eigenvalue weighted by Gasteiger charge is 2.46. The largest absolute Gasteiger partial charge is 0.511 e. The van der Waals surface area contributed by atoms with Crippen LogP contribution in [0.4, 0.5) is 13.2 Å². The minimum Gasteiger partial charge on any atom is -0.306 e. The SMILES string of the molecule is CN1CCC(NS(=O)(=O)C(F)(F)F)CC1. The van der Waals surface area contributed by atoms with Gasteiger partial charge in [0.2, 0.25) is 0 Å². The van der Waals surface area contributed by atoms with E-state index >= 15 is 0 Å². The summed E-state index contributed by atoms with van der Waals surface area (Å²) in [6.07, 6.45) is 0.817. The summed E-state index contributed by atoms with van der Waals surface area (Å²) in [5.74, 6) is 0. The molecule has 0 bridgehead atoms. The number of likely N-dealkylation sites (tertiary alicyclic amines) is 1. The molecule has 0 aromatic carbocycles. The van der Waals surface area contributed by atoms with Gasteiger partial charge in [0.25, 0.3) is 0 Å². The molecule has 0 aromatic heterocycles. The Hall–Kier alpha value is -0.340.